The Kier molecular flexibility index (Phi) is 10.6. The molecule has 49 heavy (non-hydrogen) atoms. The second-order valence-corrected chi connectivity index (χ2v) is 14.6. The molecule has 0 N–H and O–H groups in total. The van der Waals surface area contributed by atoms with Crippen LogP contribution in [0.15, 0.2) is 96.2 Å². The fourth-order valence-electron chi connectivity index (χ4n) is 5.99. The van der Waals surface area contributed by atoms with Gasteiger partial charge in [-0.25, -0.2) is 26.5 Å². The summed E-state index contributed by atoms with van der Waals surface area (Å²) in [5.74, 6) is -1.75. The van der Waals surface area contributed by atoms with Gasteiger partial charge in [0, 0.05) is 71.8 Å². The molecule has 1 saturated heterocycles. The summed E-state index contributed by atoms with van der Waals surface area (Å²) in [6.45, 7) is 1.90. The van der Waals surface area contributed by atoms with Gasteiger partial charge in [-0.05, 0) is 35.4 Å². The van der Waals surface area contributed by atoms with E-state index < -0.39 is 26.6 Å². The number of aromatic nitrogens is 2. The lowest BCUT2D eigenvalue weighted by Crippen LogP contribution is -2.31. The zero-order valence-electron chi connectivity index (χ0n) is 26.6. The highest BCUT2D eigenvalue weighted by Crippen LogP contribution is 2.37. The third-order valence-electron chi connectivity index (χ3n) is 8.44. The highest BCUT2D eigenvalue weighted by molar-refractivity contribution is 7.93. The lowest BCUT2D eigenvalue weighted by molar-refractivity contribution is 0.224. The molecular weight excluding hydrogens is 694 g/mol. The minimum atomic E-state index is -4.68. The largest absolute Gasteiger partial charge is 0.497 e. The minimum Gasteiger partial charge on any atom is -0.497 e. The topological polar surface area (TPSA) is 94.1 Å². The maximum atomic E-state index is 15.7. The first-order chi connectivity index (χ1) is 23.7. The predicted octanol–water partition coefficient (Wildman–Crippen LogP) is 7.18. The number of hydrogen-bond acceptors (Lipinski definition) is 9. The number of hydrogen-bond donors (Lipinski definition) is 0. The number of methoxy groups -OCH3 is 2. The molecule has 256 valence electrons. The quantitative estimate of drug-likeness (QED) is 0.126. The summed E-state index contributed by atoms with van der Waals surface area (Å²) in [6, 6.07) is 24.0. The van der Waals surface area contributed by atoms with Crippen LogP contribution < -0.4 is 18.5 Å². The number of benzene rings is 4. The van der Waals surface area contributed by atoms with Crippen LogP contribution in [0, 0.1) is 17.6 Å². The van der Waals surface area contributed by atoms with E-state index in [9.17, 15) is 8.42 Å². The lowest BCUT2D eigenvalue weighted by atomic mass is 9.89. The van der Waals surface area contributed by atoms with E-state index in [-0.39, 0.29) is 35.9 Å². The average molecular weight is 727 g/mol. The summed E-state index contributed by atoms with van der Waals surface area (Å²) in [5, 5.41) is 0.587. The van der Waals surface area contributed by atoms with Crippen LogP contribution in [0.5, 0.6) is 17.2 Å². The number of rotatable bonds is 13. The molecule has 6 rings (SSSR count). The van der Waals surface area contributed by atoms with Crippen molar-refractivity contribution >= 4 is 38.3 Å². The first-order valence-electron chi connectivity index (χ1n) is 15.3. The van der Waals surface area contributed by atoms with E-state index in [2.05, 4.69) is 26.4 Å². The molecule has 2 atom stereocenters. The molecular formula is C35H33ClF2N4O5S2. The Bertz CT molecular complexity index is 1990. The van der Waals surface area contributed by atoms with E-state index in [1.165, 1.54) is 20.5 Å². The Morgan fingerprint density at radius 1 is 0.939 bits per heavy atom. The second kappa shape index (κ2) is 15.1. The summed E-state index contributed by atoms with van der Waals surface area (Å²) in [7, 11) is -1.76. The molecule has 1 aliphatic heterocycles. The van der Waals surface area contributed by atoms with E-state index in [1.807, 2.05) is 42.5 Å². The van der Waals surface area contributed by atoms with Gasteiger partial charge in [0.25, 0.3) is 10.0 Å². The predicted molar refractivity (Wildman–Crippen MR) is 184 cm³/mol. The number of ether oxygens (including phenoxy) is 3. The molecule has 1 aromatic heterocycles. The average Bonchev–Trinajstić information content (AvgIpc) is 3.78. The van der Waals surface area contributed by atoms with Crippen molar-refractivity contribution in [2.45, 2.75) is 23.9 Å². The number of anilines is 1. The van der Waals surface area contributed by atoms with Crippen LogP contribution in [0.1, 0.15) is 22.6 Å². The van der Waals surface area contributed by atoms with Gasteiger partial charge < -0.3 is 14.2 Å². The third kappa shape index (κ3) is 7.80. The highest BCUT2D eigenvalue weighted by atomic mass is 35.5. The lowest BCUT2D eigenvalue weighted by Gasteiger charge is -2.23. The first kappa shape index (κ1) is 34.6. The molecule has 1 fully saturated rings. The van der Waals surface area contributed by atoms with Crippen molar-refractivity contribution < 1.29 is 31.4 Å². The van der Waals surface area contributed by atoms with E-state index in [4.69, 9.17) is 25.8 Å². The van der Waals surface area contributed by atoms with Crippen LogP contribution >= 0.6 is 23.1 Å². The second-order valence-electron chi connectivity index (χ2n) is 11.5. The zero-order chi connectivity index (χ0) is 34.5. The maximum Gasteiger partial charge on any atom is 0.269 e. The van der Waals surface area contributed by atoms with Crippen molar-refractivity contribution in [3.8, 4) is 17.2 Å². The van der Waals surface area contributed by atoms with Crippen molar-refractivity contribution in [2.75, 3.05) is 38.2 Å². The van der Waals surface area contributed by atoms with Gasteiger partial charge in [0.15, 0.2) is 11.6 Å². The van der Waals surface area contributed by atoms with E-state index in [1.54, 1.807) is 18.2 Å². The van der Waals surface area contributed by atoms with E-state index in [0.717, 1.165) is 46.1 Å². The van der Waals surface area contributed by atoms with Crippen LogP contribution in [-0.2, 0) is 23.1 Å². The number of nitrogens with zero attached hydrogens (tertiary/aromatic N) is 4. The standard InChI is InChI=1S/C35H33ClF2N4O5S2/c1-45-28-13-10-25(32(14-28)46-2)19-42(35-39-22-40-48-35)49(43,44)34-16-30(37)33(15-31(34)38)47-21-26-18-41(17-23-6-4-3-5-7-23)20-29(26)24-8-11-27(36)12-9-24/h3-16,22,26,29H,17-21H2,1-2H3. The van der Waals surface area contributed by atoms with Gasteiger partial charge in [-0.2, -0.15) is 4.37 Å². The Labute approximate surface area is 292 Å². The monoisotopic (exact) mass is 726 g/mol. The summed E-state index contributed by atoms with van der Waals surface area (Å²) >= 11 is 6.94. The minimum absolute atomic E-state index is 0.0347. The summed E-state index contributed by atoms with van der Waals surface area (Å²) in [4.78, 5) is 5.48. The maximum absolute atomic E-state index is 15.7. The molecule has 0 bridgehead atoms. The number of sulfonamides is 1. The van der Waals surface area contributed by atoms with Crippen LogP contribution in [0.25, 0.3) is 0 Å². The molecule has 0 radical (unpaired) electrons. The summed E-state index contributed by atoms with van der Waals surface area (Å²) < 4.78 is 80.7. The molecule has 0 saturated carbocycles. The van der Waals surface area contributed by atoms with Gasteiger partial charge in [-0.15, -0.1) is 0 Å². The summed E-state index contributed by atoms with van der Waals surface area (Å²) in [5.41, 5.74) is 2.67. The van der Waals surface area contributed by atoms with Crippen LogP contribution in [0.2, 0.25) is 5.02 Å². The third-order valence-corrected chi connectivity index (χ3v) is 11.2. The highest BCUT2D eigenvalue weighted by Gasteiger charge is 2.36. The Balaban J connectivity index is 1.24. The molecule has 0 spiro atoms. The van der Waals surface area contributed by atoms with Gasteiger partial charge in [0.1, 0.15) is 28.5 Å². The fraction of sp³-hybridized carbons (Fsp3) is 0.257. The van der Waals surface area contributed by atoms with Gasteiger partial charge in [0.05, 0.1) is 27.4 Å². The molecule has 2 heterocycles. The normalized spacial score (nSPS) is 16.4. The van der Waals surface area contributed by atoms with Crippen LogP contribution in [0.3, 0.4) is 0 Å². The molecule has 2 unspecified atom stereocenters. The van der Waals surface area contributed by atoms with Gasteiger partial charge in [-0.3, -0.25) is 4.90 Å². The van der Waals surface area contributed by atoms with Crippen molar-refractivity contribution in [1.82, 2.24) is 14.3 Å². The van der Waals surface area contributed by atoms with Crippen LogP contribution in [0.4, 0.5) is 13.9 Å². The Morgan fingerprint density at radius 3 is 2.41 bits per heavy atom. The van der Waals surface area contributed by atoms with Crippen molar-refractivity contribution in [3.05, 3.63) is 125 Å². The van der Waals surface area contributed by atoms with E-state index in [0.29, 0.717) is 34.7 Å². The van der Waals surface area contributed by atoms with E-state index >= 15 is 8.78 Å². The Morgan fingerprint density at radius 2 is 1.71 bits per heavy atom. The van der Waals surface area contributed by atoms with Crippen molar-refractivity contribution in [1.29, 1.82) is 0 Å². The van der Waals surface area contributed by atoms with Crippen molar-refractivity contribution in [2.24, 2.45) is 5.92 Å². The molecule has 0 amide bonds. The molecule has 4 aromatic carbocycles. The molecule has 1 aliphatic rings. The van der Waals surface area contributed by atoms with Gasteiger partial charge in [-0.1, -0.05) is 54.1 Å². The molecule has 5 aromatic rings. The number of halogens is 3. The molecule has 9 nitrogen and oxygen atoms in total. The molecule has 0 aliphatic carbocycles. The summed E-state index contributed by atoms with van der Waals surface area (Å²) in [6.07, 6.45) is 1.18. The first-order valence-corrected chi connectivity index (χ1v) is 17.9. The van der Waals surface area contributed by atoms with Gasteiger partial charge in [0.2, 0.25) is 5.13 Å². The number of likely N-dealkylation sites (tertiary alicyclic amines) is 1. The van der Waals surface area contributed by atoms with Crippen LogP contribution in [-0.4, -0.2) is 56.6 Å². The fourth-order valence-corrected chi connectivity index (χ4v) is 8.31. The SMILES string of the molecule is COc1ccc(CN(c2ncns2)S(=O)(=O)c2cc(F)c(OCC3CN(Cc4ccccc4)CC3c3ccc(Cl)cc3)cc2F)c(OC)c1. The Hall–Kier alpha value is -4.30. The smallest absolute Gasteiger partial charge is 0.269 e. The zero-order valence-corrected chi connectivity index (χ0v) is 29.0. The van der Waals surface area contributed by atoms with Crippen molar-refractivity contribution in [3.63, 3.8) is 0 Å². The molecule has 14 heteroatoms. The van der Waals surface area contributed by atoms with Gasteiger partial charge >= 0.3 is 0 Å².